The van der Waals surface area contributed by atoms with Crippen molar-refractivity contribution < 1.29 is 42.9 Å². The molecule has 0 aliphatic carbocycles. The summed E-state index contributed by atoms with van der Waals surface area (Å²) in [5.41, 5.74) is 0. The number of hydrogen-bond acceptors (Lipinski definition) is 7. The minimum atomic E-state index is -1.50. The van der Waals surface area contributed by atoms with Crippen molar-refractivity contribution in [3.63, 3.8) is 0 Å². The van der Waals surface area contributed by atoms with Crippen LogP contribution in [-0.4, -0.2) is 87.4 Å². The Balaban J connectivity index is 3.87. The molecule has 2 atom stereocenters. The second-order valence-electron chi connectivity index (χ2n) is 25.2. The van der Waals surface area contributed by atoms with Crippen molar-refractivity contribution in [2.24, 2.45) is 0 Å². The zero-order valence-corrected chi connectivity index (χ0v) is 53.1. The monoisotopic (exact) mass is 1110 g/mol. The van der Waals surface area contributed by atoms with Crippen LogP contribution in [0.1, 0.15) is 367 Å². The molecule has 2 unspecified atom stereocenters. The molecular weight excluding hydrogens is 971 g/mol. The van der Waals surface area contributed by atoms with E-state index in [0.717, 1.165) is 38.5 Å². The van der Waals surface area contributed by atoms with Gasteiger partial charge in [-0.2, -0.15) is 0 Å². The number of carboxylic acid groups (broad SMARTS) is 1. The molecule has 0 amide bonds. The van der Waals surface area contributed by atoms with Crippen LogP contribution in [0, 0.1) is 0 Å². The third kappa shape index (κ3) is 61.9. The summed E-state index contributed by atoms with van der Waals surface area (Å²) in [6.07, 6.45) is 69.6. The van der Waals surface area contributed by atoms with Gasteiger partial charge in [-0.3, -0.25) is 9.59 Å². The average Bonchev–Trinajstić information content (AvgIpc) is 3.41. The van der Waals surface area contributed by atoms with Crippen LogP contribution in [-0.2, 0) is 33.3 Å². The number of quaternary nitrogens is 1. The lowest BCUT2D eigenvalue weighted by molar-refractivity contribution is -0.870. The number of carboxylic acids is 1. The highest BCUT2D eigenvalue weighted by molar-refractivity contribution is 5.71. The molecule has 0 fully saturated rings. The fourth-order valence-electron chi connectivity index (χ4n) is 10.8. The van der Waals surface area contributed by atoms with Crippen LogP contribution < -0.4 is 0 Å². The third-order valence-corrected chi connectivity index (χ3v) is 16.1. The molecular formula is C69H136NO8+. The van der Waals surface area contributed by atoms with Crippen molar-refractivity contribution in [1.29, 1.82) is 0 Å². The first kappa shape index (κ1) is 76.3. The Morgan fingerprint density at radius 2 is 0.577 bits per heavy atom. The first-order valence-corrected chi connectivity index (χ1v) is 34.7. The summed E-state index contributed by atoms with van der Waals surface area (Å²) in [5.74, 6) is -1.97. The number of aliphatic carboxylic acids is 1. The van der Waals surface area contributed by atoms with E-state index in [1.807, 2.05) is 21.1 Å². The Hall–Kier alpha value is -1.71. The number of unbranched alkanes of at least 4 members (excludes halogenated alkanes) is 51. The number of carbonyl (C=O) groups is 3. The lowest BCUT2D eigenvalue weighted by atomic mass is 10.0. The smallest absolute Gasteiger partial charge is 0.361 e. The first-order chi connectivity index (χ1) is 38.1. The molecule has 1 N–H and O–H groups in total. The molecule has 0 spiro atoms. The van der Waals surface area contributed by atoms with Gasteiger partial charge in [-0.1, -0.05) is 341 Å². The molecule has 78 heavy (non-hydrogen) atoms. The Labute approximate surface area is 485 Å². The molecule has 0 aliphatic heterocycles. The molecule has 0 saturated carbocycles. The van der Waals surface area contributed by atoms with Gasteiger partial charge in [-0.15, -0.1) is 0 Å². The van der Waals surface area contributed by atoms with Gasteiger partial charge in [0.25, 0.3) is 6.29 Å². The van der Waals surface area contributed by atoms with Gasteiger partial charge in [-0.25, -0.2) is 4.79 Å². The number of nitrogens with zero attached hydrogens (tertiary/aromatic N) is 1. The normalized spacial score (nSPS) is 12.6. The lowest BCUT2D eigenvalue weighted by Gasteiger charge is -2.25. The van der Waals surface area contributed by atoms with Crippen LogP contribution in [0.3, 0.4) is 0 Å². The van der Waals surface area contributed by atoms with Crippen LogP contribution in [0.2, 0.25) is 0 Å². The summed E-state index contributed by atoms with van der Waals surface area (Å²) >= 11 is 0. The molecule has 0 aliphatic rings. The van der Waals surface area contributed by atoms with Gasteiger partial charge in [0.05, 0.1) is 34.4 Å². The van der Waals surface area contributed by atoms with E-state index in [1.54, 1.807) is 0 Å². The average molecular weight is 1110 g/mol. The van der Waals surface area contributed by atoms with E-state index in [1.165, 1.54) is 302 Å². The minimum absolute atomic E-state index is 0.172. The number of likely N-dealkylation sites (N-methyl/N-ethyl adjacent to an activating group) is 1. The van der Waals surface area contributed by atoms with Crippen molar-refractivity contribution in [2.75, 3.05) is 47.5 Å². The van der Waals surface area contributed by atoms with E-state index in [9.17, 15) is 19.5 Å². The molecule has 9 nitrogen and oxygen atoms in total. The highest BCUT2D eigenvalue weighted by Crippen LogP contribution is 2.19. The second-order valence-corrected chi connectivity index (χ2v) is 25.2. The Bertz CT molecular complexity index is 1240. The van der Waals surface area contributed by atoms with Gasteiger partial charge in [0.15, 0.2) is 6.10 Å². The summed E-state index contributed by atoms with van der Waals surface area (Å²) in [6, 6.07) is 0. The highest BCUT2D eigenvalue weighted by Gasteiger charge is 2.25. The minimum Gasteiger partial charge on any atom is -0.477 e. The SMILES string of the molecule is CCCCCCCCCCCCCCCCCCCCCCCCCCCCCCCCCCCCCCCCCC(=O)OC(COC(=O)CCCCCCCCCCCCCCCC)COC(OCC[N+](C)(C)C)C(=O)O. The van der Waals surface area contributed by atoms with Gasteiger partial charge in [0, 0.05) is 12.8 Å². The van der Waals surface area contributed by atoms with Crippen LogP contribution in [0.25, 0.3) is 0 Å². The zero-order chi connectivity index (χ0) is 56.9. The Morgan fingerprint density at radius 1 is 0.333 bits per heavy atom. The molecule has 0 aromatic rings. The molecule has 464 valence electrons. The molecule has 0 rings (SSSR count). The third-order valence-electron chi connectivity index (χ3n) is 16.1. The van der Waals surface area contributed by atoms with Crippen LogP contribution in [0.4, 0.5) is 0 Å². The van der Waals surface area contributed by atoms with E-state index in [-0.39, 0.29) is 38.2 Å². The van der Waals surface area contributed by atoms with E-state index >= 15 is 0 Å². The maximum Gasteiger partial charge on any atom is 0.361 e. The summed E-state index contributed by atoms with van der Waals surface area (Å²) in [5, 5.41) is 9.71. The van der Waals surface area contributed by atoms with Crippen molar-refractivity contribution >= 4 is 17.9 Å². The van der Waals surface area contributed by atoms with Gasteiger partial charge in [0.2, 0.25) is 0 Å². The van der Waals surface area contributed by atoms with Gasteiger partial charge < -0.3 is 28.5 Å². The molecule has 0 aromatic carbocycles. The number of ether oxygens (including phenoxy) is 4. The number of carbonyl (C=O) groups excluding carboxylic acids is 2. The largest absolute Gasteiger partial charge is 0.477 e. The van der Waals surface area contributed by atoms with Crippen LogP contribution in [0.15, 0.2) is 0 Å². The van der Waals surface area contributed by atoms with E-state index in [2.05, 4.69) is 13.8 Å². The maximum atomic E-state index is 12.9. The lowest BCUT2D eigenvalue weighted by Crippen LogP contribution is -2.40. The van der Waals surface area contributed by atoms with Crippen molar-refractivity contribution in [3.05, 3.63) is 0 Å². The molecule has 0 aromatic heterocycles. The van der Waals surface area contributed by atoms with Crippen LogP contribution in [0.5, 0.6) is 0 Å². The van der Waals surface area contributed by atoms with Gasteiger partial charge >= 0.3 is 17.9 Å². The number of hydrogen-bond donors (Lipinski definition) is 1. The molecule has 0 saturated heterocycles. The fourth-order valence-corrected chi connectivity index (χ4v) is 10.8. The highest BCUT2D eigenvalue weighted by atomic mass is 16.7. The number of esters is 2. The summed E-state index contributed by atoms with van der Waals surface area (Å²) in [7, 11) is 5.99. The summed E-state index contributed by atoms with van der Waals surface area (Å²) < 4.78 is 22.9. The first-order valence-electron chi connectivity index (χ1n) is 34.7. The predicted molar refractivity (Wildman–Crippen MR) is 332 cm³/mol. The standard InChI is InChI=1S/C69H135NO8/c1-6-8-10-12-14-16-18-20-22-23-24-25-26-27-28-29-30-31-32-33-34-35-36-37-38-39-40-41-42-43-44-45-46-48-50-52-54-56-58-60-67(72)78-65(64-77-69(68(73)74)75-62-61-70(3,4)5)63-76-66(71)59-57-55-53-51-49-47-21-19-17-15-13-11-9-7-2/h65,69H,6-64H2,1-5H3/p+1. The van der Waals surface area contributed by atoms with Crippen molar-refractivity contribution in [3.8, 4) is 0 Å². The second kappa shape index (κ2) is 61.4. The predicted octanol–water partition coefficient (Wildman–Crippen LogP) is 21.1. The molecule has 0 radical (unpaired) electrons. The van der Waals surface area contributed by atoms with E-state index < -0.39 is 18.4 Å². The maximum absolute atomic E-state index is 12.9. The van der Waals surface area contributed by atoms with E-state index in [0.29, 0.717) is 17.4 Å². The Morgan fingerprint density at radius 3 is 0.821 bits per heavy atom. The quantitative estimate of drug-likeness (QED) is 0.0278. The zero-order valence-electron chi connectivity index (χ0n) is 53.1. The van der Waals surface area contributed by atoms with Gasteiger partial charge in [-0.05, 0) is 12.8 Å². The van der Waals surface area contributed by atoms with Gasteiger partial charge in [0.1, 0.15) is 13.2 Å². The topological polar surface area (TPSA) is 108 Å². The Kier molecular flexibility index (Phi) is 60.0. The van der Waals surface area contributed by atoms with Crippen molar-refractivity contribution in [2.45, 2.75) is 379 Å². The molecule has 0 bridgehead atoms. The summed E-state index contributed by atoms with van der Waals surface area (Å²) in [6.45, 7) is 4.95. The van der Waals surface area contributed by atoms with Crippen LogP contribution >= 0.6 is 0 Å². The summed E-state index contributed by atoms with van der Waals surface area (Å²) in [4.78, 5) is 37.4. The fraction of sp³-hybridized carbons (Fsp3) is 0.957. The molecule has 9 heteroatoms. The number of rotatable bonds is 66. The van der Waals surface area contributed by atoms with E-state index in [4.69, 9.17) is 18.9 Å². The van der Waals surface area contributed by atoms with Crippen molar-refractivity contribution in [1.82, 2.24) is 0 Å². The molecule has 0 heterocycles.